The molecule has 0 aromatic heterocycles. The molecule has 0 aliphatic carbocycles. The molecule has 6 heteroatoms. The van der Waals surface area contributed by atoms with E-state index in [1.165, 1.54) is 0 Å². The van der Waals surface area contributed by atoms with Crippen molar-refractivity contribution in [3.8, 4) is 0 Å². The van der Waals surface area contributed by atoms with E-state index in [1.54, 1.807) is 0 Å². The van der Waals surface area contributed by atoms with Crippen molar-refractivity contribution in [2.75, 3.05) is 6.61 Å². The van der Waals surface area contributed by atoms with Gasteiger partial charge in [-0.15, -0.1) is 0 Å². The van der Waals surface area contributed by atoms with Crippen molar-refractivity contribution in [3.63, 3.8) is 0 Å². The van der Waals surface area contributed by atoms with Gasteiger partial charge >= 0.3 is 17.8 Å². The number of ether oxygens (including phenoxy) is 1. The molecule has 0 saturated heterocycles. The second-order valence-corrected chi connectivity index (χ2v) is 10.5. The van der Waals surface area contributed by atoms with Crippen LogP contribution in [-0.2, 0) is 9.53 Å². The Balaban J connectivity index is 5.38. The summed E-state index contributed by atoms with van der Waals surface area (Å²) < 4.78 is 62.1. The molecule has 0 radical (unpaired) electrons. The minimum Gasteiger partial charge on any atom is -0.465 e. The predicted molar refractivity (Wildman–Crippen MR) is 96.5 cm³/mol. The van der Waals surface area contributed by atoms with Crippen LogP contribution >= 0.6 is 0 Å². The van der Waals surface area contributed by atoms with Gasteiger partial charge in [-0.2, -0.15) is 17.6 Å². The zero-order valence-corrected chi connectivity index (χ0v) is 17.9. The standard InChI is InChI=1S/C20H36F4O2/c1-13(2)19(21,22)20(23,24)18(9,10)12-26-15(25)14(17(6,7)8)11-16(3,4)5/h13-14H,11-12H2,1-10H3. The van der Waals surface area contributed by atoms with E-state index in [2.05, 4.69) is 0 Å². The first-order valence-electron chi connectivity index (χ1n) is 9.09. The van der Waals surface area contributed by atoms with Gasteiger partial charge in [0.05, 0.1) is 11.3 Å². The van der Waals surface area contributed by atoms with Crippen LogP contribution in [0.3, 0.4) is 0 Å². The summed E-state index contributed by atoms with van der Waals surface area (Å²) in [5.41, 5.74) is -2.79. The van der Waals surface area contributed by atoms with Crippen molar-refractivity contribution in [1.29, 1.82) is 0 Å². The fourth-order valence-corrected chi connectivity index (χ4v) is 2.61. The van der Waals surface area contributed by atoms with Crippen molar-refractivity contribution in [2.45, 2.75) is 87.5 Å². The van der Waals surface area contributed by atoms with Crippen LogP contribution in [0.15, 0.2) is 0 Å². The number of esters is 1. The van der Waals surface area contributed by atoms with E-state index in [0.717, 1.165) is 27.7 Å². The van der Waals surface area contributed by atoms with Crippen molar-refractivity contribution in [3.05, 3.63) is 0 Å². The monoisotopic (exact) mass is 384 g/mol. The van der Waals surface area contributed by atoms with E-state index in [1.807, 2.05) is 41.5 Å². The normalized spacial score (nSPS) is 16.0. The number of carbonyl (C=O) groups excluding carboxylic acids is 1. The topological polar surface area (TPSA) is 26.3 Å². The van der Waals surface area contributed by atoms with Gasteiger partial charge in [0.2, 0.25) is 0 Å². The molecule has 0 heterocycles. The Labute approximate surface area is 156 Å². The number of rotatable bonds is 7. The van der Waals surface area contributed by atoms with Gasteiger partial charge in [0.15, 0.2) is 0 Å². The third kappa shape index (κ3) is 5.85. The van der Waals surface area contributed by atoms with E-state index in [9.17, 15) is 22.4 Å². The molecule has 1 atom stereocenters. The van der Waals surface area contributed by atoms with E-state index >= 15 is 0 Å². The average molecular weight is 384 g/mol. The average Bonchev–Trinajstić information content (AvgIpc) is 2.39. The van der Waals surface area contributed by atoms with Gasteiger partial charge in [0, 0.05) is 5.92 Å². The Morgan fingerprint density at radius 2 is 1.31 bits per heavy atom. The summed E-state index contributed by atoms with van der Waals surface area (Å²) in [6.07, 6.45) is 0.508. The van der Waals surface area contributed by atoms with E-state index < -0.39 is 47.1 Å². The van der Waals surface area contributed by atoms with Crippen molar-refractivity contribution < 1.29 is 27.1 Å². The first-order chi connectivity index (χ1) is 11.2. The van der Waals surface area contributed by atoms with Crippen LogP contribution in [0, 0.1) is 28.1 Å². The minimum atomic E-state index is -4.31. The molecule has 0 aliphatic rings. The minimum absolute atomic E-state index is 0.166. The summed E-state index contributed by atoms with van der Waals surface area (Å²) in [7, 11) is 0. The maximum atomic E-state index is 14.4. The molecule has 0 rings (SSSR count). The van der Waals surface area contributed by atoms with Crippen LogP contribution in [0.25, 0.3) is 0 Å². The molecular weight excluding hydrogens is 348 g/mol. The SMILES string of the molecule is CC(C)C(F)(F)C(F)(F)C(C)(C)COC(=O)C(CC(C)(C)C)C(C)(C)C. The summed E-state index contributed by atoms with van der Waals surface area (Å²) in [6, 6.07) is 0. The Hall–Kier alpha value is -0.810. The van der Waals surface area contributed by atoms with Gasteiger partial charge in [-0.1, -0.05) is 69.2 Å². The van der Waals surface area contributed by atoms with Crippen LogP contribution in [0.2, 0.25) is 0 Å². The lowest BCUT2D eigenvalue weighted by atomic mass is 9.72. The summed E-state index contributed by atoms with van der Waals surface area (Å²) in [6.45, 7) is 14.9. The second-order valence-electron chi connectivity index (χ2n) is 10.5. The first-order valence-corrected chi connectivity index (χ1v) is 9.09. The van der Waals surface area contributed by atoms with Crippen LogP contribution in [-0.4, -0.2) is 24.4 Å². The number of halogens is 4. The molecule has 0 amide bonds. The van der Waals surface area contributed by atoms with E-state index in [0.29, 0.717) is 6.42 Å². The summed E-state index contributed by atoms with van der Waals surface area (Å²) in [4.78, 5) is 12.6. The molecule has 0 bridgehead atoms. The second kappa shape index (κ2) is 7.67. The maximum absolute atomic E-state index is 14.4. The number of alkyl halides is 4. The Bertz CT molecular complexity index is 483. The fraction of sp³-hybridized carbons (Fsp3) is 0.950. The molecule has 0 aromatic rings. The summed E-state index contributed by atoms with van der Waals surface area (Å²) in [5.74, 6) is -11.2. The summed E-state index contributed by atoms with van der Waals surface area (Å²) >= 11 is 0. The van der Waals surface area contributed by atoms with Crippen molar-refractivity contribution >= 4 is 5.97 Å². The highest BCUT2D eigenvalue weighted by molar-refractivity contribution is 5.73. The molecule has 1 unspecified atom stereocenters. The Kier molecular flexibility index (Phi) is 7.43. The van der Waals surface area contributed by atoms with Gasteiger partial charge in [-0.05, 0) is 17.3 Å². The van der Waals surface area contributed by atoms with E-state index in [-0.39, 0.29) is 5.41 Å². The molecule has 0 spiro atoms. The predicted octanol–water partition coefficient (Wildman–Crippen LogP) is 6.58. The summed E-state index contributed by atoms with van der Waals surface area (Å²) in [5, 5.41) is 0. The first kappa shape index (κ1) is 25.2. The van der Waals surface area contributed by atoms with Gasteiger partial charge in [-0.25, -0.2) is 0 Å². The van der Waals surface area contributed by atoms with Crippen LogP contribution in [0.4, 0.5) is 17.6 Å². The fourth-order valence-electron chi connectivity index (χ4n) is 2.61. The molecular formula is C20H36F4O2. The highest BCUT2D eigenvalue weighted by Crippen LogP contribution is 2.50. The molecule has 0 fully saturated rings. The lowest BCUT2D eigenvalue weighted by Crippen LogP contribution is -2.56. The smallest absolute Gasteiger partial charge is 0.318 e. The molecule has 0 N–H and O–H groups in total. The Morgan fingerprint density at radius 3 is 1.62 bits per heavy atom. The molecule has 0 aliphatic heterocycles. The zero-order valence-electron chi connectivity index (χ0n) is 17.9. The number of carbonyl (C=O) groups is 1. The highest BCUT2D eigenvalue weighted by atomic mass is 19.3. The van der Waals surface area contributed by atoms with Gasteiger partial charge in [-0.3, -0.25) is 4.79 Å². The molecule has 0 saturated carbocycles. The van der Waals surface area contributed by atoms with E-state index in [4.69, 9.17) is 4.74 Å². The van der Waals surface area contributed by atoms with Crippen LogP contribution in [0.1, 0.15) is 75.7 Å². The lowest BCUT2D eigenvalue weighted by molar-refractivity contribution is -0.285. The van der Waals surface area contributed by atoms with Crippen LogP contribution in [0.5, 0.6) is 0 Å². The van der Waals surface area contributed by atoms with Gasteiger partial charge in [0.25, 0.3) is 0 Å². The lowest BCUT2D eigenvalue weighted by Gasteiger charge is -2.41. The molecule has 2 nitrogen and oxygen atoms in total. The number of hydrogen-bond donors (Lipinski definition) is 0. The van der Waals surface area contributed by atoms with Crippen molar-refractivity contribution in [2.24, 2.45) is 28.1 Å². The number of hydrogen-bond acceptors (Lipinski definition) is 2. The van der Waals surface area contributed by atoms with Gasteiger partial charge < -0.3 is 4.74 Å². The third-order valence-corrected chi connectivity index (χ3v) is 4.72. The third-order valence-electron chi connectivity index (χ3n) is 4.72. The van der Waals surface area contributed by atoms with Crippen LogP contribution < -0.4 is 0 Å². The molecule has 156 valence electrons. The van der Waals surface area contributed by atoms with Gasteiger partial charge in [0.1, 0.15) is 6.61 Å². The molecule has 0 aromatic carbocycles. The highest BCUT2D eigenvalue weighted by Gasteiger charge is 2.66. The quantitative estimate of drug-likeness (QED) is 0.366. The largest absolute Gasteiger partial charge is 0.465 e. The van der Waals surface area contributed by atoms with Crippen molar-refractivity contribution in [1.82, 2.24) is 0 Å². The zero-order chi connectivity index (χ0) is 21.4. The Morgan fingerprint density at radius 1 is 0.885 bits per heavy atom. The molecule has 26 heavy (non-hydrogen) atoms. The maximum Gasteiger partial charge on any atom is 0.318 e.